The van der Waals surface area contributed by atoms with Crippen molar-refractivity contribution in [3.8, 4) is 0 Å². The highest BCUT2D eigenvalue weighted by Gasteiger charge is 2.27. The molecule has 0 heterocycles. The summed E-state index contributed by atoms with van der Waals surface area (Å²) in [6.07, 6.45) is 90.1. The Morgan fingerprint density at radius 3 is 1.02 bits per heavy atom. The SMILES string of the molecule is CC/C=C\C/C=C\C/C=C\C/C=C\C/C=C\C/C=C\C/C=C\C/C=C\CCCCCCCCCCCCCCCCCCC(=O)OC(COC(=O)CCCCCCCCC/C=C\C/C=C\CCCCCC)COP(=O)(O)OCC[N+](C)(C)C. The Hall–Kier alpha value is -3.59. The van der Waals surface area contributed by atoms with E-state index in [1.165, 1.54) is 135 Å². The second-order valence-corrected chi connectivity index (χ2v) is 24.9. The van der Waals surface area contributed by atoms with E-state index in [9.17, 15) is 19.0 Å². The zero-order valence-electron chi connectivity index (χ0n) is 54.1. The van der Waals surface area contributed by atoms with Gasteiger partial charge in [0.1, 0.15) is 19.8 Å². The van der Waals surface area contributed by atoms with E-state index in [2.05, 4.69) is 135 Å². The Morgan fingerprint density at radius 2 is 0.687 bits per heavy atom. The van der Waals surface area contributed by atoms with Crippen molar-refractivity contribution < 1.29 is 42.1 Å². The zero-order valence-corrected chi connectivity index (χ0v) is 55.0. The van der Waals surface area contributed by atoms with Gasteiger partial charge in [-0.3, -0.25) is 18.6 Å². The molecule has 83 heavy (non-hydrogen) atoms. The fourth-order valence-corrected chi connectivity index (χ4v) is 9.80. The lowest BCUT2D eigenvalue weighted by Crippen LogP contribution is -2.37. The molecular formula is C73H127NO8P+. The lowest BCUT2D eigenvalue weighted by molar-refractivity contribution is -0.870. The number of hydrogen-bond acceptors (Lipinski definition) is 7. The van der Waals surface area contributed by atoms with Gasteiger partial charge in [0.05, 0.1) is 27.7 Å². The van der Waals surface area contributed by atoms with E-state index in [-0.39, 0.29) is 32.0 Å². The lowest BCUT2D eigenvalue weighted by Gasteiger charge is -2.24. The smallest absolute Gasteiger partial charge is 0.462 e. The number of hydrogen-bond donors (Lipinski definition) is 1. The first-order chi connectivity index (χ1) is 40.5. The predicted molar refractivity (Wildman–Crippen MR) is 358 cm³/mol. The van der Waals surface area contributed by atoms with Gasteiger partial charge >= 0.3 is 19.8 Å². The molecule has 2 unspecified atom stereocenters. The number of esters is 2. The van der Waals surface area contributed by atoms with Crippen LogP contribution in [0.15, 0.2) is 122 Å². The van der Waals surface area contributed by atoms with Gasteiger partial charge in [0.2, 0.25) is 0 Å². The largest absolute Gasteiger partial charge is 0.472 e. The van der Waals surface area contributed by atoms with Gasteiger partial charge < -0.3 is 18.9 Å². The molecule has 0 aliphatic heterocycles. The molecule has 0 rings (SSSR count). The van der Waals surface area contributed by atoms with Crippen LogP contribution in [0, 0.1) is 0 Å². The topological polar surface area (TPSA) is 108 Å². The van der Waals surface area contributed by atoms with E-state index < -0.39 is 26.5 Å². The van der Waals surface area contributed by atoms with Crippen molar-refractivity contribution >= 4 is 19.8 Å². The van der Waals surface area contributed by atoms with Gasteiger partial charge in [-0.25, -0.2) is 4.57 Å². The van der Waals surface area contributed by atoms with Crippen LogP contribution < -0.4 is 0 Å². The molecule has 0 aromatic rings. The van der Waals surface area contributed by atoms with Gasteiger partial charge in [0.15, 0.2) is 6.10 Å². The average molecular weight is 1180 g/mol. The summed E-state index contributed by atoms with van der Waals surface area (Å²) in [4.78, 5) is 35.8. The summed E-state index contributed by atoms with van der Waals surface area (Å²) in [5.74, 6) is -0.804. The number of unbranched alkanes of at least 4 members (excludes halogenated alkanes) is 27. The van der Waals surface area contributed by atoms with Crippen LogP contribution >= 0.6 is 7.82 Å². The summed E-state index contributed by atoms with van der Waals surface area (Å²) in [6.45, 7) is 4.30. The Balaban J connectivity index is 4.01. The Labute approximate surface area is 511 Å². The number of phosphoric acid groups is 1. The van der Waals surface area contributed by atoms with Gasteiger partial charge in [-0.1, -0.05) is 277 Å². The highest BCUT2D eigenvalue weighted by Crippen LogP contribution is 2.43. The second kappa shape index (κ2) is 62.9. The van der Waals surface area contributed by atoms with Crippen LogP contribution in [0.2, 0.25) is 0 Å². The Kier molecular flexibility index (Phi) is 60.2. The molecule has 2 atom stereocenters. The molecule has 0 aliphatic rings. The summed E-state index contributed by atoms with van der Waals surface area (Å²) in [5.41, 5.74) is 0. The van der Waals surface area contributed by atoms with Gasteiger partial charge in [-0.15, -0.1) is 0 Å². The maximum Gasteiger partial charge on any atom is 0.472 e. The minimum Gasteiger partial charge on any atom is -0.462 e. The lowest BCUT2D eigenvalue weighted by atomic mass is 10.0. The number of quaternary nitrogens is 1. The number of rotatable bonds is 61. The molecule has 0 aliphatic carbocycles. The van der Waals surface area contributed by atoms with Crippen LogP contribution in [-0.2, 0) is 32.7 Å². The Morgan fingerprint density at radius 1 is 0.386 bits per heavy atom. The summed E-state index contributed by atoms with van der Waals surface area (Å²) < 4.78 is 34.6. The van der Waals surface area contributed by atoms with Gasteiger partial charge in [-0.05, 0) is 109 Å². The third-order valence-electron chi connectivity index (χ3n) is 14.2. The van der Waals surface area contributed by atoms with Gasteiger partial charge in [0.25, 0.3) is 0 Å². The molecule has 10 heteroatoms. The molecule has 0 fully saturated rings. The molecule has 1 N–H and O–H groups in total. The van der Waals surface area contributed by atoms with Crippen molar-refractivity contribution in [3.63, 3.8) is 0 Å². The molecule has 0 radical (unpaired) electrons. The Bertz CT molecular complexity index is 1820. The minimum absolute atomic E-state index is 0.0269. The van der Waals surface area contributed by atoms with Crippen LogP contribution in [0.5, 0.6) is 0 Å². The first-order valence-corrected chi connectivity index (χ1v) is 35.3. The fourth-order valence-electron chi connectivity index (χ4n) is 9.06. The van der Waals surface area contributed by atoms with Gasteiger partial charge in [-0.2, -0.15) is 0 Å². The molecule has 476 valence electrons. The summed E-state index contributed by atoms with van der Waals surface area (Å²) in [7, 11) is 1.47. The van der Waals surface area contributed by atoms with Crippen molar-refractivity contribution in [1.82, 2.24) is 0 Å². The number of phosphoric ester groups is 1. The maximum atomic E-state index is 12.9. The molecule has 0 spiro atoms. The highest BCUT2D eigenvalue weighted by molar-refractivity contribution is 7.47. The van der Waals surface area contributed by atoms with Crippen molar-refractivity contribution in [2.75, 3.05) is 47.5 Å². The monoisotopic (exact) mass is 1180 g/mol. The van der Waals surface area contributed by atoms with Crippen LogP contribution in [0.25, 0.3) is 0 Å². The first kappa shape index (κ1) is 79.4. The molecule has 0 saturated carbocycles. The first-order valence-electron chi connectivity index (χ1n) is 33.8. The third-order valence-corrected chi connectivity index (χ3v) is 15.2. The predicted octanol–water partition coefficient (Wildman–Crippen LogP) is 21.9. The summed E-state index contributed by atoms with van der Waals surface area (Å²) >= 11 is 0. The maximum absolute atomic E-state index is 12.9. The number of likely N-dealkylation sites (N-methyl/N-ethyl adjacent to an activating group) is 1. The molecule has 0 saturated heterocycles. The minimum atomic E-state index is -4.40. The summed E-state index contributed by atoms with van der Waals surface area (Å²) in [5, 5.41) is 0. The number of carbonyl (C=O) groups is 2. The number of ether oxygens (including phenoxy) is 2. The molecule has 9 nitrogen and oxygen atoms in total. The van der Waals surface area contributed by atoms with E-state index in [0.29, 0.717) is 17.4 Å². The van der Waals surface area contributed by atoms with Crippen molar-refractivity contribution in [2.45, 2.75) is 283 Å². The fraction of sp³-hybridized carbons (Fsp3) is 0.699. The van der Waals surface area contributed by atoms with Crippen molar-refractivity contribution in [3.05, 3.63) is 122 Å². The average Bonchev–Trinajstić information content (AvgIpc) is 3.48. The van der Waals surface area contributed by atoms with E-state index >= 15 is 0 Å². The second-order valence-electron chi connectivity index (χ2n) is 23.5. The number of allylic oxidation sites excluding steroid dienone is 20. The van der Waals surface area contributed by atoms with E-state index in [4.69, 9.17) is 18.5 Å². The van der Waals surface area contributed by atoms with Crippen LogP contribution in [-0.4, -0.2) is 74.9 Å². The van der Waals surface area contributed by atoms with Crippen LogP contribution in [0.4, 0.5) is 0 Å². The van der Waals surface area contributed by atoms with E-state index in [0.717, 1.165) is 109 Å². The van der Waals surface area contributed by atoms with E-state index in [1.54, 1.807) is 0 Å². The molecule has 0 aromatic carbocycles. The third kappa shape index (κ3) is 67.4. The van der Waals surface area contributed by atoms with Crippen molar-refractivity contribution in [2.24, 2.45) is 0 Å². The van der Waals surface area contributed by atoms with Crippen molar-refractivity contribution in [1.29, 1.82) is 0 Å². The molecule has 0 amide bonds. The highest BCUT2D eigenvalue weighted by atomic mass is 31.2. The van der Waals surface area contributed by atoms with Crippen LogP contribution in [0.1, 0.15) is 277 Å². The molecule has 0 aromatic heterocycles. The van der Waals surface area contributed by atoms with Gasteiger partial charge in [0, 0.05) is 12.8 Å². The van der Waals surface area contributed by atoms with E-state index in [1.807, 2.05) is 21.1 Å². The number of carbonyl (C=O) groups excluding carboxylic acids is 2. The standard InChI is InChI=1S/C73H126NO8P/c1-6-8-10-12-14-16-18-20-22-24-26-27-28-29-30-31-32-33-34-35-36-37-38-39-40-41-42-43-44-45-46-47-48-50-52-54-56-58-60-62-64-66-73(76)82-71(70-81-83(77,78)80-68-67-74(3,4)5)69-79-72(75)65-63-61-59-57-55-53-51-49-25-23-21-19-17-15-13-11-9-7-2/h8,10,14,16-17,19-20,22-23,25-27,29-30,32-33,35-36,38-39,71H,6-7,9,11-13,15,18,21,24,28,31,34,37,40-70H2,1-5H3/p+1/b10-8-,16-14-,19-17-,22-20-,25-23-,27-26-,30-29-,33-32-,36-35-,39-38-. The zero-order chi connectivity index (χ0) is 60.5. The quantitative estimate of drug-likeness (QED) is 0.0211. The number of nitrogens with zero attached hydrogens (tertiary/aromatic N) is 1. The van der Waals surface area contributed by atoms with Crippen LogP contribution in [0.3, 0.4) is 0 Å². The normalized spacial score (nSPS) is 14.0. The summed E-state index contributed by atoms with van der Waals surface area (Å²) in [6, 6.07) is 0. The molecule has 0 bridgehead atoms. The molecular weight excluding hydrogens is 1050 g/mol.